The molecule has 0 saturated heterocycles. The van der Waals surface area contributed by atoms with Crippen molar-refractivity contribution in [3.63, 3.8) is 0 Å². The summed E-state index contributed by atoms with van der Waals surface area (Å²) in [5, 5.41) is 11.0. The van der Waals surface area contributed by atoms with Crippen molar-refractivity contribution in [2.75, 3.05) is 0 Å². The van der Waals surface area contributed by atoms with Crippen molar-refractivity contribution in [3.8, 4) is 0 Å². The van der Waals surface area contributed by atoms with Crippen molar-refractivity contribution in [2.24, 2.45) is 0 Å². The molecule has 0 spiro atoms. The summed E-state index contributed by atoms with van der Waals surface area (Å²) in [6.07, 6.45) is 0.951. The standard InChI is InChI=1S/C12H16BrNO2/c1-4-10(13)9(3)12-8(2)6-5-7-11(12)14(15)16/h5-7,9-10H,4H2,1-3H3. The molecule has 0 aliphatic carbocycles. The van der Waals surface area contributed by atoms with Crippen LogP contribution in [0, 0.1) is 17.0 Å². The highest BCUT2D eigenvalue weighted by Gasteiger charge is 2.24. The minimum absolute atomic E-state index is 0.145. The summed E-state index contributed by atoms with van der Waals surface area (Å²) in [4.78, 5) is 11.0. The van der Waals surface area contributed by atoms with Crippen LogP contribution < -0.4 is 0 Å². The van der Waals surface area contributed by atoms with E-state index >= 15 is 0 Å². The molecule has 0 heterocycles. The van der Waals surface area contributed by atoms with Crippen molar-refractivity contribution in [3.05, 3.63) is 39.4 Å². The number of nitro groups is 1. The van der Waals surface area contributed by atoms with Crippen LogP contribution in [0.2, 0.25) is 0 Å². The van der Waals surface area contributed by atoms with Crippen molar-refractivity contribution in [1.29, 1.82) is 0 Å². The molecule has 1 aromatic carbocycles. The molecular formula is C12H16BrNO2. The monoisotopic (exact) mass is 285 g/mol. The van der Waals surface area contributed by atoms with Crippen LogP contribution in [-0.4, -0.2) is 9.75 Å². The van der Waals surface area contributed by atoms with E-state index in [0.717, 1.165) is 17.5 Å². The molecule has 88 valence electrons. The Bertz CT molecular complexity index is 393. The number of nitrogens with zero attached hydrogens (tertiary/aromatic N) is 1. The molecule has 16 heavy (non-hydrogen) atoms. The summed E-state index contributed by atoms with van der Waals surface area (Å²) in [7, 11) is 0. The topological polar surface area (TPSA) is 43.1 Å². The molecule has 1 aromatic rings. The van der Waals surface area contributed by atoms with Crippen LogP contribution in [0.3, 0.4) is 0 Å². The fourth-order valence-corrected chi connectivity index (χ4v) is 2.22. The first-order valence-electron chi connectivity index (χ1n) is 5.37. The first-order chi connectivity index (χ1) is 7.49. The largest absolute Gasteiger partial charge is 0.273 e. The molecule has 0 N–H and O–H groups in total. The molecule has 0 saturated carbocycles. The molecular weight excluding hydrogens is 270 g/mol. The normalized spacial score (nSPS) is 14.5. The van der Waals surface area contributed by atoms with Crippen LogP contribution in [0.5, 0.6) is 0 Å². The van der Waals surface area contributed by atoms with Gasteiger partial charge in [-0.05, 0) is 18.9 Å². The fraction of sp³-hybridized carbons (Fsp3) is 0.500. The van der Waals surface area contributed by atoms with Gasteiger partial charge in [-0.1, -0.05) is 41.9 Å². The number of hydrogen-bond acceptors (Lipinski definition) is 2. The molecule has 0 fully saturated rings. The summed E-state index contributed by atoms with van der Waals surface area (Å²) in [6.45, 7) is 6.02. The summed E-state index contributed by atoms with van der Waals surface area (Å²) in [5.74, 6) is 0.145. The van der Waals surface area contributed by atoms with E-state index in [9.17, 15) is 10.1 Å². The minimum atomic E-state index is -0.297. The van der Waals surface area contributed by atoms with Gasteiger partial charge in [0.25, 0.3) is 5.69 Å². The highest BCUT2D eigenvalue weighted by Crippen LogP contribution is 2.35. The lowest BCUT2D eigenvalue weighted by atomic mass is 9.91. The van der Waals surface area contributed by atoms with Gasteiger partial charge in [-0.2, -0.15) is 0 Å². The Balaban J connectivity index is 3.24. The Morgan fingerprint density at radius 3 is 2.62 bits per heavy atom. The summed E-state index contributed by atoms with van der Waals surface area (Å²) < 4.78 is 0. The average Bonchev–Trinajstić information content (AvgIpc) is 2.26. The van der Waals surface area contributed by atoms with Crippen LogP contribution in [0.25, 0.3) is 0 Å². The Morgan fingerprint density at radius 1 is 1.50 bits per heavy atom. The number of nitro benzene ring substituents is 1. The molecule has 0 bridgehead atoms. The van der Waals surface area contributed by atoms with E-state index in [1.54, 1.807) is 12.1 Å². The summed E-state index contributed by atoms with van der Waals surface area (Å²) in [6, 6.07) is 5.24. The van der Waals surface area contributed by atoms with Crippen LogP contribution in [0.15, 0.2) is 18.2 Å². The Kier molecular flexibility index (Phi) is 4.47. The van der Waals surface area contributed by atoms with Crippen LogP contribution in [-0.2, 0) is 0 Å². The van der Waals surface area contributed by atoms with E-state index < -0.39 is 0 Å². The molecule has 0 aromatic heterocycles. The molecule has 1 rings (SSSR count). The number of halogens is 1. The van der Waals surface area contributed by atoms with Crippen molar-refractivity contribution in [2.45, 2.75) is 37.9 Å². The molecule has 3 nitrogen and oxygen atoms in total. The Hall–Kier alpha value is -0.900. The zero-order valence-electron chi connectivity index (χ0n) is 9.74. The van der Waals surface area contributed by atoms with Gasteiger partial charge in [0, 0.05) is 22.4 Å². The van der Waals surface area contributed by atoms with Gasteiger partial charge < -0.3 is 0 Å². The lowest BCUT2D eigenvalue weighted by Gasteiger charge is -2.19. The Labute approximate surface area is 104 Å². The number of aryl methyl sites for hydroxylation is 1. The van der Waals surface area contributed by atoms with E-state index in [1.807, 2.05) is 19.9 Å². The molecule has 0 amide bonds. The van der Waals surface area contributed by atoms with Gasteiger partial charge in [0.2, 0.25) is 0 Å². The third kappa shape index (κ3) is 2.61. The Morgan fingerprint density at radius 2 is 2.12 bits per heavy atom. The van der Waals surface area contributed by atoms with E-state index in [0.29, 0.717) is 0 Å². The smallest absolute Gasteiger partial charge is 0.258 e. The van der Waals surface area contributed by atoms with E-state index in [2.05, 4.69) is 22.9 Å². The molecule has 2 unspecified atom stereocenters. The SMILES string of the molecule is CCC(Br)C(C)c1c(C)cccc1[N+](=O)[O-]. The predicted octanol–water partition coefficient (Wildman–Crippen LogP) is 4.18. The number of rotatable bonds is 4. The fourth-order valence-electron chi connectivity index (χ4n) is 1.95. The van der Waals surface area contributed by atoms with Gasteiger partial charge >= 0.3 is 0 Å². The van der Waals surface area contributed by atoms with Gasteiger partial charge in [0.15, 0.2) is 0 Å². The predicted molar refractivity (Wildman–Crippen MR) is 69.3 cm³/mol. The molecule has 4 heteroatoms. The van der Waals surface area contributed by atoms with Crippen LogP contribution in [0.1, 0.15) is 37.3 Å². The molecule has 0 aliphatic rings. The van der Waals surface area contributed by atoms with Gasteiger partial charge in [0.1, 0.15) is 0 Å². The quantitative estimate of drug-likeness (QED) is 0.473. The number of alkyl halides is 1. The van der Waals surface area contributed by atoms with Crippen molar-refractivity contribution >= 4 is 21.6 Å². The average molecular weight is 286 g/mol. The summed E-state index contributed by atoms with van der Waals surface area (Å²) in [5.41, 5.74) is 2.06. The van der Waals surface area contributed by atoms with Gasteiger partial charge in [-0.25, -0.2) is 0 Å². The zero-order valence-corrected chi connectivity index (χ0v) is 11.3. The first kappa shape index (κ1) is 13.2. The van der Waals surface area contributed by atoms with E-state index in [1.165, 1.54) is 0 Å². The summed E-state index contributed by atoms with van der Waals surface area (Å²) >= 11 is 3.57. The maximum atomic E-state index is 11.0. The van der Waals surface area contributed by atoms with Crippen molar-refractivity contribution < 1.29 is 4.92 Å². The highest BCUT2D eigenvalue weighted by atomic mass is 79.9. The minimum Gasteiger partial charge on any atom is -0.258 e. The highest BCUT2D eigenvalue weighted by molar-refractivity contribution is 9.09. The third-order valence-electron chi connectivity index (χ3n) is 2.89. The maximum Gasteiger partial charge on any atom is 0.273 e. The first-order valence-corrected chi connectivity index (χ1v) is 6.28. The van der Waals surface area contributed by atoms with E-state index in [-0.39, 0.29) is 21.4 Å². The number of hydrogen-bond donors (Lipinski definition) is 0. The van der Waals surface area contributed by atoms with Gasteiger partial charge in [-0.15, -0.1) is 0 Å². The molecule has 0 aliphatic heterocycles. The van der Waals surface area contributed by atoms with E-state index in [4.69, 9.17) is 0 Å². The second-order valence-electron chi connectivity index (χ2n) is 3.98. The second-order valence-corrected chi connectivity index (χ2v) is 5.15. The maximum absolute atomic E-state index is 11.0. The lowest BCUT2D eigenvalue weighted by molar-refractivity contribution is -0.385. The molecule has 2 atom stereocenters. The molecule has 0 radical (unpaired) electrons. The van der Waals surface area contributed by atoms with Gasteiger partial charge in [0.05, 0.1) is 4.92 Å². The van der Waals surface area contributed by atoms with Gasteiger partial charge in [-0.3, -0.25) is 10.1 Å². The lowest BCUT2D eigenvalue weighted by Crippen LogP contribution is -2.11. The van der Waals surface area contributed by atoms with Crippen molar-refractivity contribution in [1.82, 2.24) is 0 Å². The van der Waals surface area contributed by atoms with Crippen LogP contribution >= 0.6 is 15.9 Å². The number of benzene rings is 1. The zero-order chi connectivity index (χ0) is 12.3. The third-order valence-corrected chi connectivity index (χ3v) is 4.33. The van der Waals surface area contributed by atoms with Crippen LogP contribution in [0.4, 0.5) is 5.69 Å². The second kappa shape index (κ2) is 5.43.